The van der Waals surface area contributed by atoms with E-state index in [-0.39, 0.29) is 5.91 Å². The summed E-state index contributed by atoms with van der Waals surface area (Å²) < 4.78 is 5.84. The monoisotopic (exact) mass is 415 g/mol. The standard InChI is InChI=1S/C26H29N3O2/c1-28-14-16-29(17-15-28)24-12-10-21(11-13-24)19-27-26(30)23-8-5-9-25(18-23)31-20-22-6-3-2-4-7-22/h2-13,18H,14-17,19-20H2,1H3,(H,27,30). The molecular formula is C26H29N3O2. The highest BCUT2D eigenvalue weighted by Crippen LogP contribution is 2.18. The van der Waals surface area contributed by atoms with E-state index < -0.39 is 0 Å². The van der Waals surface area contributed by atoms with Gasteiger partial charge in [-0.2, -0.15) is 0 Å². The number of rotatable bonds is 7. The van der Waals surface area contributed by atoms with Crippen molar-refractivity contribution in [2.75, 3.05) is 38.1 Å². The number of likely N-dealkylation sites (N-methyl/N-ethyl adjacent to an activating group) is 1. The predicted octanol–water partition coefficient (Wildman–Crippen LogP) is 3.95. The number of anilines is 1. The van der Waals surface area contributed by atoms with Gasteiger partial charge in [0.25, 0.3) is 5.91 Å². The molecule has 1 aliphatic rings. The van der Waals surface area contributed by atoms with E-state index in [0.717, 1.165) is 37.3 Å². The van der Waals surface area contributed by atoms with Crippen molar-refractivity contribution < 1.29 is 9.53 Å². The summed E-state index contributed by atoms with van der Waals surface area (Å²) in [5.74, 6) is 0.585. The van der Waals surface area contributed by atoms with Gasteiger partial charge in [-0.3, -0.25) is 4.79 Å². The second kappa shape index (κ2) is 10.1. The van der Waals surface area contributed by atoms with Crippen molar-refractivity contribution in [1.82, 2.24) is 10.2 Å². The number of piperazine rings is 1. The molecule has 1 saturated heterocycles. The lowest BCUT2D eigenvalue weighted by molar-refractivity contribution is 0.0950. The number of carbonyl (C=O) groups is 1. The Morgan fingerprint density at radius 2 is 1.61 bits per heavy atom. The number of ether oxygens (including phenoxy) is 1. The van der Waals surface area contributed by atoms with Gasteiger partial charge in [0.2, 0.25) is 0 Å². The molecule has 3 aromatic rings. The van der Waals surface area contributed by atoms with Crippen molar-refractivity contribution in [2.45, 2.75) is 13.2 Å². The summed E-state index contributed by atoms with van der Waals surface area (Å²) in [5, 5.41) is 3.01. The van der Waals surface area contributed by atoms with Crippen molar-refractivity contribution in [3.8, 4) is 5.75 Å². The molecule has 31 heavy (non-hydrogen) atoms. The highest BCUT2D eigenvalue weighted by molar-refractivity contribution is 5.94. The third-order valence-electron chi connectivity index (χ3n) is 5.60. The normalized spacial score (nSPS) is 14.3. The Morgan fingerprint density at radius 3 is 2.35 bits per heavy atom. The smallest absolute Gasteiger partial charge is 0.251 e. The first-order valence-electron chi connectivity index (χ1n) is 10.7. The zero-order valence-electron chi connectivity index (χ0n) is 18.0. The third-order valence-corrected chi connectivity index (χ3v) is 5.60. The Morgan fingerprint density at radius 1 is 0.871 bits per heavy atom. The van der Waals surface area contributed by atoms with Crippen molar-refractivity contribution in [1.29, 1.82) is 0 Å². The lowest BCUT2D eigenvalue weighted by atomic mass is 10.1. The van der Waals surface area contributed by atoms with Crippen LogP contribution in [0.5, 0.6) is 5.75 Å². The lowest BCUT2D eigenvalue weighted by Crippen LogP contribution is -2.44. The lowest BCUT2D eigenvalue weighted by Gasteiger charge is -2.34. The average Bonchev–Trinajstić information content (AvgIpc) is 2.83. The minimum atomic E-state index is -0.103. The molecule has 0 atom stereocenters. The number of nitrogens with one attached hydrogen (secondary N) is 1. The molecule has 0 aromatic heterocycles. The van der Waals surface area contributed by atoms with Crippen LogP contribution in [-0.2, 0) is 13.2 Å². The van der Waals surface area contributed by atoms with E-state index in [9.17, 15) is 4.79 Å². The van der Waals surface area contributed by atoms with Crippen LogP contribution in [0.3, 0.4) is 0 Å². The number of carbonyl (C=O) groups excluding carboxylic acids is 1. The van der Waals surface area contributed by atoms with Crippen LogP contribution in [-0.4, -0.2) is 44.0 Å². The van der Waals surface area contributed by atoms with Crippen LogP contribution in [0.2, 0.25) is 0 Å². The van der Waals surface area contributed by atoms with E-state index in [1.165, 1.54) is 5.69 Å². The van der Waals surface area contributed by atoms with Crippen molar-refractivity contribution >= 4 is 11.6 Å². The van der Waals surface area contributed by atoms with E-state index in [2.05, 4.69) is 46.4 Å². The molecule has 3 aromatic carbocycles. The Kier molecular flexibility index (Phi) is 6.85. The first-order valence-corrected chi connectivity index (χ1v) is 10.7. The van der Waals surface area contributed by atoms with Crippen LogP contribution in [0.15, 0.2) is 78.9 Å². The van der Waals surface area contributed by atoms with Crippen LogP contribution < -0.4 is 15.0 Å². The third kappa shape index (κ3) is 5.86. The van der Waals surface area contributed by atoms with Gasteiger partial charge in [0.15, 0.2) is 0 Å². The highest BCUT2D eigenvalue weighted by atomic mass is 16.5. The number of hydrogen-bond donors (Lipinski definition) is 1. The van der Waals surface area contributed by atoms with Crippen LogP contribution >= 0.6 is 0 Å². The van der Waals surface area contributed by atoms with E-state index in [1.54, 1.807) is 12.1 Å². The largest absolute Gasteiger partial charge is 0.489 e. The first kappa shape index (κ1) is 20.9. The number of amides is 1. The molecule has 0 unspecified atom stereocenters. The van der Waals surface area contributed by atoms with Gasteiger partial charge in [-0.1, -0.05) is 48.5 Å². The molecule has 1 heterocycles. The van der Waals surface area contributed by atoms with E-state index in [1.807, 2.05) is 42.5 Å². The fraction of sp³-hybridized carbons (Fsp3) is 0.269. The van der Waals surface area contributed by atoms with Gasteiger partial charge in [0, 0.05) is 44.0 Å². The molecule has 0 aliphatic carbocycles. The first-order chi connectivity index (χ1) is 15.2. The number of nitrogens with zero attached hydrogens (tertiary/aromatic N) is 2. The Hall–Kier alpha value is -3.31. The molecule has 160 valence electrons. The summed E-state index contributed by atoms with van der Waals surface area (Å²) in [6.07, 6.45) is 0. The Balaban J connectivity index is 1.29. The topological polar surface area (TPSA) is 44.8 Å². The van der Waals surface area contributed by atoms with Crippen LogP contribution in [0.25, 0.3) is 0 Å². The molecule has 1 fully saturated rings. The maximum Gasteiger partial charge on any atom is 0.251 e. The minimum Gasteiger partial charge on any atom is -0.489 e. The van der Waals surface area contributed by atoms with Crippen LogP contribution in [0.4, 0.5) is 5.69 Å². The Labute approximate surface area is 184 Å². The summed E-state index contributed by atoms with van der Waals surface area (Å²) in [6, 6.07) is 25.8. The van der Waals surface area contributed by atoms with E-state index in [0.29, 0.717) is 24.5 Å². The molecule has 0 spiro atoms. The van der Waals surface area contributed by atoms with Crippen molar-refractivity contribution in [3.05, 3.63) is 95.6 Å². The minimum absolute atomic E-state index is 0.103. The Bertz CT molecular complexity index is 981. The fourth-order valence-corrected chi connectivity index (χ4v) is 3.64. The van der Waals surface area contributed by atoms with Gasteiger partial charge < -0.3 is 19.9 Å². The molecule has 1 aliphatic heterocycles. The van der Waals surface area contributed by atoms with Gasteiger partial charge in [-0.05, 0) is 48.5 Å². The van der Waals surface area contributed by atoms with Crippen LogP contribution in [0.1, 0.15) is 21.5 Å². The van der Waals surface area contributed by atoms with Crippen molar-refractivity contribution in [3.63, 3.8) is 0 Å². The molecule has 1 N–H and O–H groups in total. The second-order valence-corrected chi connectivity index (χ2v) is 7.94. The second-order valence-electron chi connectivity index (χ2n) is 7.94. The fourth-order valence-electron chi connectivity index (χ4n) is 3.64. The van der Waals surface area contributed by atoms with Gasteiger partial charge in [0.05, 0.1) is 0 Å². The van der Waals surface area contributed by atoms with Gasteiger partial charge in [0.1, 0.15) is 12.4 Å². The average molecular weight is 416 g/mol. The van der Waals surface area contributed by atoms with Gasteiger partial charge in [-0.15, -0.1) is 0 Å². The van der Waals surface area contributed by atoms with E-state index >= 15 is 0 Å². The molecule has 4 rings (SSSR count). The summed E-state index contributed by atoms with van der Waals surface area (Å²) in [6.45, 7) is 5.25. The molecule has 0 saturated carbocycles. The molecule has 5 heteroatoms. The maximum atomic E-state index is 12.6. The summed E-state index contributed by atoms with van der Waals surface area (Å²) in [5.41, 5.74) is 4.02. The quantitative estimate of drug-likeness (QED) is 0.635. The van der Waals surface area contributed by atoms with Crippen molar-refractivity contribution in [2.24, 2.45) is 0 Å². The van der Waals surface area contributed by atoms with E-state index in [4.69, 9.17) is 4.74 Å². The molecular weight excluding hydrogens is 386 g/mol. The zero-order valence-corrected chi connectivity index (χ0v) is 18.0. The predicted molar refractivity (Wildman–Crippen MR) is 125 cm³/mol. The molecule has 5 nitrogen and oxygen atoms in total. The molecule has 0 radical (unpaired) electrons. The van der Waals surface area contributed by atoms with Gasteiger partial charge in [-0.25, -0.2) is 0 Å². The highest BCUT2D eigenvalue weighted by Gasteiger charge is 2.14. The summed E-state index contributed by atoms with van der Waals surface area (Å²) >= 11 is 0. The SMILES string of the molecule is CN1CCN(c2ccc(CNC(=O)c3cccc(OCc4ccccc4)c3)cc2)CC1. The van der Waals surface area contributed by atoms with Gasteiger partial charge >= 0.3 is 0 Å². The summed E-state index contributed by atoms with van der Waals surface area (Å²) in [4.78, 5) is 17.4. The molecule has 1 amide bonds. The zero-order chi connectivity index (χ0) is 21.5. The molecule has 0 bridgehead atoms. The number of benzene rings is 3. The summed E-state index contributed by atoms with van der Waals surface area (Å²) in [7, 11) is 2.16. The number of hydrogen-bond acceptors (Lipinski definition) is 4. The maximum absolute atomic E-state index is 12.6. The van der Waals surface area contributed by atoms with Crippen LogP contribution in [0, 0.1) is 0 Å².